The summed E-state index contributed by atoms with van der Waals surface area (Å²) in [6, 6.07) is 0.454. The van der Waals surface area contributed by atoms with E-state index < -0.39 is 0 Å². The molecule has 0 spiro atoms. The van der Waals surface area contributed by atoms with E-state index in [9.17, 15) is 0 Å². The summed E-state index contributed by atoms with van der Waals surface area (Å²) in [5, 5.41) is 4.84. The molecule has 1 unspecified atom stereocenters. The zero-order chi connectivity index (χ0) is 11.6. The Labute approximate surface area is 102 Å². The molecule has 0 amide bonds. The Morgan fingerprint density at radius 2 is 2.31 bits per heavy atom. The smallest absolute Gasteiger partial charge is 0.0897 e. The molecule has 0 bridgehead atoms. The molecule has 0 saturated heterocycles. The van der Waals surface area contributed by atoms with Gasteiger partial charge in [-0.25, -0.2) is 4.98 Å². The number of rotatable bonds is 5. The lowest BCUT2D eigenvalue weighted by Gasteiger charge is -2.42. The Bertz CT molecular complexity index is 336. The van der Waals surface area contributed by atoms with Gasteiger partial charge >= 0.3 is 0 Å². The summed E-state index contributed by atoms with van der Waals surface area (Å²) < 4.78 is 0. The lowest BCUT2D eigenvalue weighted by Crippen LogP contribution is -2.40. The summed E-state index contributed by atoms with van der Waals surface area (Å²) in [6.07, 6.45) is 7.56. The van der Waals surface area contributed by atoms with E-state index in [2.05, 4.69) is 31.1 Å². The van der Waals surface area contributed by atoms with Crippen molar-refractivity contribution < 1.29 is 0 Å². The molecule has 1 aromatic heterocycles. The van der Waals surface area contributed by atoms with Gasteiger partial charge in [0.2, 0.25) is 0 Å². The molecule has 16 heavy (non-hydrogen) atoms. The maximum absolute atomic E-state index is 4.31. The summed E-state index contributed by atoms with van der Waals surface area (Å²) in [4.78, 5) is 5.68. The minimum atomic E-state index is 0.454. The van der Waals surface area contributed by atoms with Gasteiger partial charge in [-0.05, 0) is 38.5 Å². The van der Waals surface area contributed by atoms with Crippen LogP contribution in [-0.4, -0.2) is 11.5 Å². The van der Waals surface area contributed by atoms with Crippen molar-refractivity contribution >= 4 is 11.3 Å². The van der Waals surface area contributed by atoms with Crippen molar-refractivity contribution in [2.45, 2.75) is 52.5 Å². The second-order valence-electron chi connectivity index (χ2n) is 5.09. The molecule has 0 aromatic carbocycles. The van der Waals surface area contributed by atoms with Gasteiger partial charge in [0.05, 0.1) is 5.01 Å². The molecule has 1 aliphatic carbocycles. The first-order chi connectivity index (χ1) is 7.65. The average Bonchev–Trinajstić information content (AvgIpc) is 2.64. The normalized spacial score (nSPS) is 20.4. The molecule has 1 N–H and O–H groups in total. The molecule has 3 heteroatoms. The minimum absolute atomic E-state index is 0.454. The fraction of sp³-hybridized carbons (Fsp3) is 0.769. The predicted octanol–water partition coefficient (Wildman–Crippen LogP) is 3.68. The summed E-state index contributed by atoms with van der Waals surface area (Å²) in [6.45, 7) is 7.80. The van der Waals surface area contributed by atoms with E-state index in [0.717, 1.165) is 5.01 Å². The Balaban J connectivity index is 1.86. The first kappa shape index (κ1) is 12.1. The van der Waals surface area contributed by atoms with Crippen LogP contribution in [0.4, 0.5) is 0 Å². The number of aromatic nitrogens is 1. The number of thiazole rings is 1. The van der Waals surface area contributed by atoms with Gasteiger partial charge in [-0.15, -0.1) is 11.3 Å². The zero-order valence-electron chi connectivity index (χ0n) is 10.5. The van der Waals surface area contributed by atoms with Crippen LogP contribution in [0.15, 0.2) is 6.20 Å². The van der Waals surface area contributed by atoms with Crippen LogP contribution in [0.5, 0.6) is 0 Å². The number of hydrogen-bond acceptors (Lipinski definition) is 3. The lowest BCUT2D eigenvalue weighted by molar-refractivity contribution is 0.120. The van der Waals surface area contributed by atoms with Gasteiger partial charge in [-0.3, -0.25) is 0 Å². The largest absolute Gasteiger partial charge is 0.309 e. The van der Waals surface area contributed by atoms with Crippen molar-refractivity contribution in [3.63, 3.8) is 0 Å². The van der Waals surface area contributed by atoms with Crippen molar-refractivity contribution in [2.24, 2.45) is 5.41 Å². The van der Waals surface area contributed by atoms with Crippen LogP contribution in [0.2, 0.25) is 0 Å². The van der Waals surface area contributed by atoms with Crippen molar-refractivity contribution in [1.82, 2.24) is 10.3 Å². The van der Waals surface area contributed by atoms with Crippen LogP contribution in [-0.2, 0) is 0 Å². The van der Waals surface area contributed by atoms with E-state index in [1.165, 1.54) is 37.1 Å². The molecule has 1 atom stereocenters. The van der Waals surface area contributed by atoms with E-state index in [1.54, 1.807) is 11.3 Å². The monoisotopic (exact) mass is 238 g/mol. The Morgan fingerprint density at radius 1 is 1.56 bits per heavy atom. The van der Waals surface area contributed by atoms with Gasteiger partial charge in [-0.1, -0.05) is 13.3 Å². The van der Waals surface area contributed by atoms with Crippen molar-refractivity contribution in [3.8, 4) is 0 Å². The summed E-state index contributed by atoms with van der Waals surface area (Å²) in [5.41, 5.74) is 0.605. The van der Waals surface area contributed by atoms with Crippen LogP contribution >= 0.6 is 11.3 Å². The highest BCUT2D eigenvalue weighted by Crippen LogP contribution is 2.43. The third-order valence-corrected chi connectivity index (χ3v) is 5.11. The fourth-order valence-electron chi connectivity index (χ4n) is 2.38. The van der Waals surface area contributed by atoms with Gasteiger partial charge in [0, 0.05) is 23.7 Å². The van der Waals surface area contributed by atoms with E-state index in [-0.39, 0.29) is 0 Å². The van der Waals surface area contributed by atoms with Gasteiger partial charge < -0.3 is 5.32 Å². The highest BCUT2D eigenvalue weighted by molar-refractivity contribution is 7.11. The molecular formula is C13H22N2S. The maximum Gasteiger partial charge on any atom is 0.0897 e. The minimum Gasteiger partial charge on any atom is -0.309 e. The Morgan fingerprint density at radius 3 is 2.75 bits per heavy atom. The van der Waals surface area contributed by atoms with Crippen molar-refractivity contribution in [2.75, 3.05) is 6.54 Å². The quantitative estimate of drug-likeness (QED) is 0.846. The molecule has 1 fully saturated rings. The van der Waals surface area contributed by atoms with Gasteiger partial charge in [0.1, 0.15) is 0 Å². The molecule has 2 rings (SSSR count). The van der Waals surface area contributed by atoms with Crippen LogP contribution < -0.4 is 5.32 Å². The Hall–Kier alpha value is -0.410. The van der Waals surface area contributed by atoms with Crippen LogP contribution in [0.25, 0.3) is 0 Å². The zero-order valence-corrected chi connectivity index (χ0v) is 11.4. The number of nitrogens with one attached hydrogen (secondary N) is 1. The molecule has 1 aromatic rings. The summed E-state index contributed by atoms with van der Waals surface area (Å²) in [5.74, 6) is 0. The first-order valence-corrected chi connectivity index (χ1v) is 7.12. The van der Waals surface area contributed by atoms with Crippen LogP contribution in [0.1, 0.15) is 55.5 Å². The summed E-state index contributed by atoms with van der Waals surface area (Å²) in [7, 11) is 0. The van der Waals surface area contributed by atoms with E-state index in [4.69, 9.17) is 0 Å². The molecule has 0 radical (unpaired) electrons. The number of nitrogens with zero attached hydrogens (tertiary/aromatic N) is 1. The first-order valence-electron chi connectivity index (χ1n) is 6.31. The SMILES string of the molecule is CCC1(CNC(C)c2cnc(C)s2)CCC1. The predicted molar refractivity (Wildman–Crippen MR) is 69.8 cm³/mol. The summed E-state index contributed by atoms with van der Waals surface area (Å²) >= 11 is 1.81. The van der Waals surface area contributed by atoms with Gasteiger partial charge in [0.15, 0.2) is 0 Å². The van der Waals surface area contributed by atoms with E-state index in [1.807, 2.05) is 6.20 Å². The highest BCUT2D eigenvalue weighted by Gasteiger charge is 2.34. The standard InChI is InChI=1S/C13H22N2S/c1-4-13(6-5-7-13)9-15-10(2)12-8-14-11(3)16-12/h8,10,15H,4-7,9H2,1-3H3. The fourth-order valence-corrected chi connectivity index (χ4v) is 3.19. The molecule has 1 heterocycles. The second-order valence-corrected chi connectivity index (χ2v) is 6.36. The van der Waals surface area contributed by atoms with Crippen molar-refractivity contribution in [1.29, 1.82) is 0 Å². The molecule has 0 aliphatic heterocycles. The van der Waals surface area contributed by atoms with E-state index in [0.29, 0.717) is 11.5 Å². The van der Waals surface area contributed by atoms with Crippen LogP contribution in [0.3, 0.4) is 0 Å². The second kappa shape index (κ2) is 4.84. The molecule has 90 valence electrons. The number of hydrogen-bond donors (Lipinski definition) is 1. The third-order valence-electron chi connectivity index (χ3n) is 4.01. The topological polar surface area (TPSA) is 24.9 Å². The van der Waals surface area contributed by atoms with E-state index >= 15 is 0 Å². The maximum atomic E-state index is 4.31. The lowest BCUT2D eigenvalue weighted by atomic mass is 9.67. The average molecular weight is 238 g/mol. The van der Waals surface area contributed by atoms with Gasteiger partial charge in [-0.2, -0.15) is 0 Å². The molecular weight excluding hydrogens is 216 g/mol. The number of aryl methyl sites for hydroxylation is 1. The van der Waals surface area contributed by atoms with Gasteiger partial charge in [0.25, 0.3) is 0 Å². The highest BCUT2D eigenvalue weighted by atomic mass is 32.1. The molecule has 1 saturated carbocycles. The third kappa shape index (κ3) is 2.46. The van der Waals surface area contributed by atoms with Crippen LogP contribution in [0, 0.1) is 12.3 Å². The van der Waals surface area contributed by atoms with Crippen molar-refractivity contribution in [3.05, 3.63) is 16.1 Å². The Kier molecular flexibility index (Phi) is 3.65. The molecule has 2 nitrogen and oxygen atoms in total. The molecule has 1 aliphatic rings.